The standard InChI is InChI=1S/C24H14F6N4/c25-23(26,27)18-7-3-5-15-14(9-10-31)17(22(24(28,29)30)34-21(15)18)13-20-16(6-4-12-33-20)19-8-1-2-11-32-19/h1-8,11-12H,9,13H2. The summed E-state index contributed by atoms with van der Waals surface area (Å²) in [5, 5.41) is 9.17. The number of alkyl halides is 6. The van der Waals surface area contributed by atoms with E-state index in [4.69, 9.17) is 0 Å². The largest absolute Gasteiger partial charge is 0.433 e. The SMILES string of the molecule is N#CCc1c(Cc2ncccc2-c2ccccn2)c(C(F)(F)F)nc2c(C(F)(F)F)cccc12. The lowest BCUT2D eigenvalue weighted by Crippen LogP contribution is -2.17. The Morgan fingerprint density at radius 3 is 2.21 bits per heavy atom. The lowest BCUT2D eigenvalue weighted by atomic mass is 9.91. The van der Waals surface area contributed by atoms with Gasteiger partial charge in [0.2, 0.25) is 0 Å². The van der Waals surface area contributed by atoms with Gasteiger partial charge in [-0.25, -0.2) is 4.98 Å². The van der Waals surface area contributed by atoms with Gasteiger partial charge in [-0.1, -0.05) is 18.2 Å². The Balaban J connectivity index is 2.02. The molecule has 0 bridgehead atoms. The fourth-order valence-corrected chi connectivity index (χ4v) is 3.83. The van der Waals surface area contributed by atoms with Crippen LogP contribution in [0.25, 0.3) is 22.2 Å². The number of aromatic nitrogens is 3. The summed E-state index contributed by atoms with van der Waals surface area (Å²) in [4.78, 5) is 11.9. The number of halogens is 6. The number of nitriles is 1. The normalized spacial score (nSPS) is 12.0. The molecule has 4 rings (SSSR count). The van der Waals surface area contributed by atoms with Crippen molar-refractivity contribution in [1.29, 1.82) is 5.26 Å². The molecule has 0 aliphatic rings. The highest BCUT2D eigenvalue weighted by Crippen LogP contribution is 2.41. The Morgan fingerprint density at radius 1 is 0.794 bits per heavy atom. The highest BCUT2D eigenvalue weighted by molar-refractivity contribution is 5.87. The molecule has 10 heteroatoms. The number of pyridine rings is 3. The molecule has 0 saturated carbocycles. The minimum absolute atomic E-state index is 0.158. The van der Waals surface area contributed by atoms with Gasteiger partial charge in [0.15, 0.2) is 0 Å². The second-order valence-electron chi connectivity index (χ2n) is 7.34. The average molecular weight is 472 g/mol. The molecule has 4 nitrogen and oxygen atoms in total. The fraction of sp³-hybridized carbons (Fsp3) is 0.167. The van der Waals surface area contributed by atoms with Gasteiger partial charge in [-0.15, -0.1) is 0 Å². The minimum Gasteiger partial charge on any atom is -0.260 e. The molecule has 172 valence electrons. The van der Waals surface area contributed by atoms with Crippen LogP contribution in [0, 0.1) is 11.3 Å². The second kappa shape index (κ2) is 8.74. The van der Waals surface area contributed by atoms with Crippen LogP contribution in [-0.2, 0) is 25.2 Å². The van der Waals surface area contributed by atoms with E-state index in [9.17, 15) is 31.6 Å². The smallest absolute Gasteiger partial charge is 0.260 e. The maximum Gasteiger partial charge on any atom is 0.433 e. The van der Waals surface area contributed by atoms with Crippen molar-refractivity contribution in [3.63, 3.8) is 0 Å². The zero-order valence-corrected chi connectivity index (χ0v) is 17.2. The molecule has 0 saturated heterocycles. The number of hydrogen-bond donors (Lipinski definition) is 0. The molecule has 4 aromatic rings. The molecule has 0 amide bonds. The second-order valence-corrected chi connectivity index (χ2v) is 7.34. The van der Waals surface area contributed by atoms with E-state index in [1.54, 1.807) is 36.4 Å². The summed E-state index contributed by atoms with van der Waals surface area (Å²) < 4.78 is 82.9. The summed E-state index contributed by atoms with van der Waals surface area (Å²) in [7, 11) is 0. The van der Waals surface area contributed by atoms with Gasteiger partial charge in [-0.05, 0) is 41.5 Å². The fourth-order valence-electron chi connectivity index (χ4n) is 3.83. The molecule has 0 radical (unpaired) electrons. The summed E-state index contributed by atoms with van der Waals surface area (Å²) in [6, 6.07) is 13.1. The maximum atomic E-state index is 14.1. The highest BCUT2D eigenvalue weighted by atomic mass is 19.4. The van der Waals surface area contributed by atoms with E-state index in [-0.39, 0.29) is 16.6 Å². The van der Waals surface area contributed by atoms with Crippen molar-refractivity contribution in [3.05, 3.63) is 89.0 Å². The molecule has 3 aromatic heterocycles. The van der Waals surface area contributed by atoms with Crippen LogP contribution in [0.5, 0.6) is 0 Å². The van der Waals surface area contributed by atoms with Gasteiger partial charge >= 0.3 is 12.4 Å². The van der Waals surface area contributed by atoms with Gasteiger partial charge in [0, 0.05) is 29.8 Å². The first-order valence-electron chi connectivity index (χ1n) is 9.92. The molecular weight excluding hydrogens is 458 g/mol. The minimum atomic E-state index is -5.06. The predicted molar refractivity (Wildman–Crippen MR) is 111 cm³/mol. The molecule has 0 aliphatic heterocycles. The number of benzene rings is 1. The molecule has 0 spiro atoms. The lowest BCUT2D eigenvalue weighted by Gasteiger charge is -2.20. The number of hydrogen-bond acceptors (Lipinski definition) is 4. The van der Waals surface area contributed by atoms with Gasteiger partial charge in [0.1, 0.15) is 5.69 Å². The van der Waals surface area contributed by atoms with Crippen molar-refractivity contribution in [1.82, 2.24) is 15.0 Å². The molecule has 0 aliphatic carbocycles. The van der Waals surface area contributed by atoms with E-state index in [1.807, 2.05) is 0 Å². The van der Waals surface area contributed by atoms with Gasteiger partial charge in [-0.3, -0.25) is 9.97 Å². The van der Waals surface area contributed by atoms with Gasteiger partial charge < -0.3 is 0 Å². The molecule has 0 fully saturated rings. The van der Waals surface area contributed by atoms with E-state index >= 15 is 0 Å². The summed E-state index contributed by atoms with van der Waals surface area (Å²) >= 11 is 0. The number of nitrogens with zero attached hydrogens (tertiary/aromatic N) is 4. The van der Waals surface area contributed by atoms with Crippen LogP contribution in [0.1, 0.15) is 28.1 Å². The number of rotatable bonds is 4. The van der Waals surface area contributed by atoms with Crippen LogP contribution in [0.3, 0.4) is 0 Å². The lowest BCUT2D eigenvalue weighted by molar-refractivity contribution is -0.142. The van der Waals surface area contributed by atoms with Crippen LogP contribution in [-0.4, -0.2) is 15.0 Å². The van der Waals surface area contributed by atoms with Crippen molar-refractivity contribution in [3.8, 4) is 17.3 Å². The first kappa shape index (κ1) is 23.2. The molecule has 1 aromatic carbocycles. The van der Waals surface area contributed by atoms with Crippen LogP contribution in [0.4, 0.5) is 26.3 Å². The monoisotopic (exact) mass is 472 g/mol. The van der Waals surface area contributed by atoms with E-state index in [2.05, 4.69) is 15.0 Å². The average Bonchev–Trinajstić information content (AvgIpc) is 2.79. The first-order valence-corrected chi connectivity index (χ1v) is 9.92. The van der Waals surface area contributed by atoms with Crippen LogP contribution >= 0.6 is 0 Å². The zero-order chi connectivity index (χ0) is 24.5. The number of para-hydroxylation sites is 1. The van der Waals surface area contributed by atoms with Crippen LogP contribution in [0.15, 0.2) is 60.9 Å². The third-order valence-electron chi connectivity index (χ3n) is 5.24. The first-order chi connectivity index (χ1) is 16.1. The Bertz CT molecular complexity index is 1390. The van der Waals surface area contributed by atoms with E-state index in [0.717, 1.165) is 6.07 Å². The Kier molecular flexibility index (Phi) is 5.96. The molecule has 0 atom stereocenters. The third kappa shape index (κ3) is 4.41. The van der Waals surface area contributed by atoms with Crippen LogP contribution in [0.2, 0.25) is 0 Å². The predicted octanol–water partition coefficient (Wildman–Crippen LogP) is 6.39. The van der Waals surface area contributed by atoms with Crippen molar-refractivity contribution in [2.45, 2.75) is 25.2 Å². The number of fused-ring (bicyclic) bond motifs is 1. The molecule has 3 heterocycles. The molecule has 34 heavy (non-hydrogen) atoms. The summed E-state index contributed by atoms with van der Waals surface area (Å²) in [5.41, 5.74) is -3.02. The summed E-state index contributed by atoms with van der Waals surface area (Å²) in [5.74, 6) is 0. The topological polar surface area (TPSA) is 62.5 Å². The Hall–Kier alpha value is -4.00. The summed E-state index contributed by atoms with van der Waals surface area (Å²) in [6.07, 6.45) is -8.01. The van der Waals surface area contributed by atoms with Crippen molar-refractivity contribution < 1.29 is 26.3 Å². The van der Waals surface area contributed by atoms with Crippen LogP contribution < -0.4 is 0 Å². The van der Waals surface area contributed by atoms with Gasteiger partial charge in [0.25, 0.3) is 0 Å². The van der Waals surface area contributed by atoms with Crippen molar-refractivity contribution >= 4 is 10.9 Å². The highest BCUT2D eigenvalue weighted by Gasteiger charge is 2.40. The van der Waals surface area contributed by atoms with E-state index in [1.165, 1.54) is 18.5 Å². The molecular formula is C24H14F6N4. The van der Waals surface area contributed by atoms with Gasteiger partial charge in [-0.2, -0.15) is 31.6 Å². The van der Waals surface area contributed by atoms with E-state index < -0.39 is 47.5 Å². The maximum absolute atomic E-state index is 14.1. The van der Waals surface area contributed by atoms with Gasteiger partial charge in [0.05, 0.1) is 35.0 Å². The molecule has 0 N–H and O–H groups in total. The molecule has 0 unspecified atom stereocenters. The summed E-state index contributed by atoms with van der Waals surface area (Å²) in [6.45, 7) is 0. The van der Waals surface area contributed by atoms with Crippen molar-refractivity contribution in [2.24, 2.45) is 0 Å². The zero-order valence-electron chi connectivity index (χ0n) is 17.2. The quantitative estimate of drug-likeness (QED) is 0.323. The Morgan fingerprint density at radius 2 is 1.56 bits per heavy atom. The third-order valence-corrected chi connectivity index (χ3v) is 5.24. The Labute approximate surface area is 189 Å². The van der Waals surface area contributed by atoms with Crippen molar-refractivity contribution in [2.75, 3.05) is 0 Å². The van der Waals surface area contributed by atoms with E-state index in [0.29, 0.717) is 17.3 Å².